The maximum atomic E-state index is 10.9. The Morgan fingerprint density at radius 3 is 2.69 bits per heavy atom. The molecular weight excluding hydrogens is 412 g/mol. The summed E-state index contributed by atoms with van der Waals surface area (Å²) in [5.74, 6) is 1.35. The first kappa shape index (κ1) is 19.9. The molecule has 1 aromatic heterocycles. The number of nitro groups is 1. The van der Waals surface area contributed by atoms with Crippen LogP contribution in [0.25, 0.3) is 11.4 Å². The molecule has 1 aliphatic rings. The molecule has 2 heterocycles. The third-order valence-electron chi connectivity index (χ3n) is 4.78. The molecule has 1 saturated heterocycles. The van der Waals surface area contributed by atoms with Crippen LogP contribution < -0.4 is 0 Å². The molecule has 3 aromatic rings. The number of benzene rings is 2. The molecule has 0 N–H and O–H groups in total. The predicted molar refractivity (Wildman–Crippen MR) is 112 cm³/mol. The lowest BCUT2D eigenvalue weighted by molar-refractivity contribution is -0.384. The van der Waals surface area contributed by atoms with E-state index in [4.69, 9.17) is 16.3 Å². The molecule has 150 valence electrons. The van der Waals surface area contributed by atoms with E-state index >= 15 is 0 Å². The minimum absolute atomic E-state index is 0.0484. The summed E-state index contributed by atoms with van der Waals surface area (Å²) in [6.45, 7) is 1.41. The Hall–Kier alpha value is -2.42. The average Bonchev–Trinajstić information content (AvgIpc) is 3.38. The molecule has 1 fully saturated rings. The molecule has 7 nitrogen and oxygen atoms in total. The van der Waals surface area contributed by atoms with Crippen molar-refractivity contribution in [3.8, 4) is 11.4 Å². The lowest BCUT2D eigenvalue weighted by Crippen LogP contribution is -2.16. The molecule has 0 amide bonds. The van der Waals surface area contributed by atoms with Crippen molar-refractivity contribution in [1.82, 2.24) is 14.8 Å². The molecule has 0 bridgehead atoms. The number of rotatable bonds is 7. The van der Waals surface area contributed by atoms with Crippen LogP contribution in [0, 0.1) is 10.1 Å². The van der Waals surface area contributed by atoms with Gasteiger partial charge in [-0.3, -0.25) is 14.7 Å². The fourth-order valence-corrected chi connectivity index (χ4v) is 4.49. The van der Waals surface area contributed by atoms with E-state index in [1.165, 1.54) is 12.1 Å². The Balaban J connectivity index is 1.62. The van der Waals surface area contributed by atoms with Gasteiger partial charge in [-0.15, -0.1) is 10.2 Å². The zero-order chi connectivity index (χ0) is 20.2. The number of non-ortho nitro benzene ring substituents is 1. The summed E-state index contributed by atoms with van der Waals surface area (Å²) in [6.07, 6.45) is 2.15. The summed E-state index contributed by atoms with van der Waals surface area (Å²) in [5.41, 5.74) is 1.86. The average molecular weight is 431 g/mol. The van der Waals surface area contributed by atoms with Gasteiger partial charge in [0.25, 0.3) is 5.69 Å². The summed E-state index contributed by atoms with van der Waals surface area (Å²) in [5, 5.41) is 21.2. The van der Waals surface area contributed by atoms with Crippen LogP contribution in [0.1, 0.15) is 18.4 Å². The Morgan fingerprint density at radius 1 is 1.21 bits per heavy atom. The number of thioether (sulfide) groups is 1. The fourth-order valence-electron chi connectivity index (χ4n) is 3.26. The van der Waals surface area contributed by atoms with E-state index in [1.807, 2.05) is 28.8 Å². The maximum Gasteiger partial charge on any atom is 0.269 e. The van der Waals surface area contributed by atoms with Gasteiger partial charge in [-0.1, -0.05) is 41.6 Å². The van der Waals surface area contributed by atoms with E-state index in [0.29, 0.717) is 18.1 Å². The molecule has 29 heavy (non-hydrogen) atoms. The maximum absolute atomic E-state index is 10.9. The molecule has 2 aromatic carbocycles. The number of nitrogens with zero attached hydrogens (tertiary/aromatic N) is 4. The van der Waals surface area contributed by atoms with Gasteiger partial charge in [-0.05, 0) is 36.6 Å². The van der Waals surface area contributed by atoms with E-state index in [2.05, 4.69) is 10.2 Å². The van der Waals surface area contributed by atoms with Crippen molar-refractivity contribution in [1.29, 1.82) is 0 Å². The third-order valence-corrected chi connectivity index (χ3v) is 6.16. The van der Waals surface area contributed by atoms with Gasteiger partial charge in [0.1, 0.15) is 0 Å². The molecule has 4 rings (SSSR count). The molecule has 0 aliphatic carbocycles. The van der Waals surface area contributed by atoms with E-state index in [0.717, 1.165) is 40.8 Å². The molecule has 1 aliphatic heterocycles. The summed E-state index contributed by atoms with van der Waals surface area (Å²) < 4.78 is 7.85. The number of ether oxygens (including phenoxy) is 1. The Morgan fingerprint density at radius 2 is 2.00 bits per heavy atom. The normalized spacial score (nSPS) is 16.2. The highest BCUT2D eigenvalue weighted by molar-refractivity contribution is 7.98. The zero-order valence-corrected chi connectivity index (χ0v) is 17.1. The summed E-state index contributed by atoms with van der Waals surface area (Å²) in [7, 11) is 0. The first-order valence-electron chi connectivity index (χ1n) is 9.27. The largest absolute Gasteiger partial charge is 0.376 e. The Labute approximate surface area is 177 Å². The first-order valence-corrected chi connectivity index (χ1v) is 10.6. The van der Waals surface area contributed by atoms with Crippen molar-refractivity contribution in [2.75, 3.05) is 6.61 Å². The summed E-state index contributed by atoms with van der Waals surface area (Å²) in [6, 6.07) is 14.1. The fraction of sp³-hybridized carbons (Fsp3) is 0.300. The van der Waals surface area contributed by atoms with Gasteiger partial charge in [0, 0.05) is 35.1 Å². The van der Waals surface area contributed by atoms with Crippen molar-refractivity contribution in [3.63, 3.8) is 0 Å². The van der Waals surface area contributed by atoms with Crippen LogP contribution in [0.4, 0.5) is 5.69 Å². The lowest BCUT2D eigenvalue weighted by Gasteiger charge is -2.15. The second-order valence-electron chi connectivity index (χ2n) is 6.74. The van der Waals surface area contributed by atoms with Gasteiger partial charge in [0.05, 0.1) is 17.6 Å². The van der Waals surface area contributed by atoms with Crippen molar-refractivity contribution < 1.29 is 9.66 Å². The third kappa shape index (κ3) is 4.60. The van der Waals surface area contributed by atoms with Gasteiger partial charge in [0.2, 0.25) is 0 Å². The molecule has 0 spiro atoms. The van der Waals surface area contributed by atoms with Gasteiger partial charge in [0.15, 0.2) is 11.0 Å². The van der Waals surface area contributed by atoms with Crippen molar-refractivity contribution in [2.24, 2.45) is 0 Å². The second kappa shape index (κ2) is 8.94. The van der Waals surface area contributed by atoms with Gasteiger partial charge >= 0.3 is 0 Å². The number of hydrogen-bond acceptors (Lipinski definition) is 6. The Bertz CT molecular complexity index is 1000. The molecule has 1 atom stereocenters. The quantitative estimate of drug-likeness (QED) is 0.298. The van der Waals surface area contributed by atoms with Crippen LogP contribution in [0.2, 0.25) is 5.02 Å². The highest BCUT2D eigenvalue weighted by atomic mass is 35.5. The number of hydrogen-bond donors (Lipinski definition) is 0. The van der Waals surface area contributed by atoms with Crippen molar-refractivity contribution in [3.05, 3.63) is 69.2 Å². The van der Waals surface area contributed by atoms with Crippen molar-refractivity contribution in [2.45, 2.75) is 36.4 Å². The molecule has 0 radical (unpaired) electrons. The second-order valence-corrected chi connectivity index (χ2v) is 8.09. The highest BCUT2D eigenvalue weighted by Gasteiger charge is 2.22. The topological polar surface area (TPSA) is 83.1 Å². The highest BCUT2D eigenvalue weighted by Crippen LogP contribution is 2.30. The van der Waals surface area contributed by atoms with Crippen LogP contribution >= 0.6 is 23.4 Å². The van der Waals surface area contributed by atoms with E-state index in [9.17, 15) is 10.1 Å². The minimum Gasteiger partial charge on any atom is -0.376 e. The standard InChI is InChI=1S/C20H19ClN4O3S/c21-18-6-2-1-4-15(18)13-29-20-23-22-19(24(20)12-17-5-3-11-28-17)14-7-9-16(10-8-14)25(26)27/h1-2,4,6-10,17H,3,5,11-13H2. The van der Waals surface area contributed by atoms with Crippen LogP contribution in [-0.2, 0) is 17.0 Å². The molecule has 0 saturated carbocycles. The van der Waals surface area contributed by atoms with E-state index < -0.39 is 4.92 Å². The van der Waals surface area contributed by atoms with Crippen LogP contribution in [0.5, 0.6) is 0 Å². The molecule has 1 unspecified atom stereocenters. The predicted octanol–water partition coefficient (Wildman–Crippen LogP) is 4.98. The number of aromatic nitrogens is 3. The SMILES string of the molecule is O=[N+]([O-])c1ccc(-c2nnc(SCc3ccccc3Cl)n2CC2CCCO2)cc1. The van der Waals surface area contributed by atoms with Crippen LogP contribution in [0.15, 0.2) is 53.7 Å². The van der Waals surface area contributed by atoms with Crippen LogP contribution in [-0.4, -0.2) is 32.4 Å². The lowest BCUT2D eigenvalue weighted by atomic mass is 10.2. The van der Waals surface area contributed by atoms with Gasteiger partial charge in [-0.25, -0.2) is 0 Å². The molecule has 9 heteroatoms. The van der Waals surface area contributed by atoms with Crippen molar-refractivity contribution >= 4 is 29.1 Å². The smallest absolute Gasteiger partial charge is 0.269 e. The first-order chi connectivity index (χ1) is 14.1. The summed E-state index contributed by atoms with van der Waals surface area (Å²) in [4.78, 5) is 10.5. The summed E-state index contributed by atoms with van der Waals surface area (Å²) >= 11 is 7.84. The van der Waals surface area contributed by atoms with Gasteiger partial charge in [-0.2, -0.15) is 0 Å². The van der Waals surface area contributed by atoms with E-state index in [1.54, 1.807) is 23.9 Å². The molecular formula is C20H19ClN4O3S. The monoisotopic (exact) mass is 430 g/mol. The zero-order valence-electron chi connectivity index (χ0n) is 15.5. The van der Waals surface area contributed by atoms with E-state index in [-0.39, 0.29) is 11.8 Å². The number of halogens is 1. The Kier molecular flexibility index (Phi) is 6.13. The van der Waals surface area contributed by atoms with Crippen LogP contribution in [0.3, 0.4) is 0 Å². The minimum atomic E-state index is -0.411. The number of nitro benzene ring substituents is 1. The van der Waals surface area contributed by atoms with Gasteiger partial charge < -0.3 is 4.74 Å².